The molecule has 2 aromatic carbocycles. The van der Waals surface area contributed by atoms with Crippen LogP contribution in [-0.4, -0.2) is 41.6 Å². The van der Waals surface area contributed by atoms with Gasteiger partial charge in [-0.2, -0.15) is 0 Å². The first-order valence-corrected chi connectivity index (χ1v) is 8.43. The Kier molecular flexibility index (Phi) is 6.19. The molecule has 0 radical (unpaired) electrons. The number of aliphatic hydroxyl groups excluding tert-OH is 2. The van der Waals surface area contributed by atoms with Gasteiger partial charge in [0.2, 0.25) is 0 Å². The van der Waals surface area contributed by atoms with E-state index in [-0.39, 0.29) is 26.4 Å². The van der Waals surface area contributed by atoms with Gasteiger partial charge < -0.3 is 19.7 Å². The van der Waals surface area contributed by atoms with Crippen LogP contribution in [0.2, 0.25) is 0 Å². The van der Waals surface area contributed by atoms with Crippen molar-refractivity contribution in [2.24, 2.45) is 0 Å². The molecule has 3 rings (SSSR count). The largest absolute Gasteiger partial charge is 0.491 e. The second-order valence-electron chi connectivity index (χ2n) is 5.66. The summed E-state index contributed by atoms with van der Waals surface area (Å²) in [5.41, 5.74) is 3.92. The van der Waals surface area contributed by atoms with Crippen LogP contribution < -0.4 is 9.47 Å². The van der Waals surface area contributed by atoms with Crippen molar-refractivity contribution in [1.29, 1.82) is 0 Å². The highest BCUT2D eigenvalue weighted by atomic mass is 16.5. The Morgan fingerprint density at radius 3 is 1.62 bits per heavy atom. The number of pyridine rings is 1. The maximum absolute atomic E-state index is 8.89. The fourth-order valence-electron chi connectivity index (χ4n) is 2.61. The Balaban J connectivity index is 1.87. The van der Waals surface area contributed by atoms with E-state index in [9.17, 15) is 0 Å². The van der Waals surface area contributed by atoms with Crippen LogP contribution in [0.15, 0.2) is 67.0 Å². The fourth-order valence-corrected chi connectivity index (χ4v) is 2.61. The van der Waals surface area contributed by atoms with Gasteiger partial charge in [-0.05, 0) is 41.5 Å². The zero-order valence-corrected chi connectivity index (χ0v) is 14.3. The first kappa shape index (κ1) is 17.9. The van der Waals surface area contributed by atoms with Gasteiger partial charge in [-0.25, -0.2) is 0 Å². The van der Waals surface area contributed by atoms with Gasteiger partial charge in [-0.15, -0.1) is 0 Å². The lowest BCUT2D eigenvalue weighted by Gasteiger charge is -2.09. The van der Waals surface area contributed by atoms with Crippen molar-refractivity contribution in [2.45, 2.75) is 0 Å². The molecule has 1 heterocycles. The van der Waals surface area contributed by atoms with E-state index in [1.807, 2.05) is 48.5 Å². The van der Waals surface area contributed by atoms with Crippen molar-refractivity contribution in [1.82, 2.24) is 4.98 Å². The van der Waals surface area contributed by atoms with E-state index in [2.05, 4.69) is 11.1 Å². The van der Waals surface area contributed by atoms with Crippen molar-refractivity contribution in [2.75, 3.05) is 26.4 Å². The summed E-state index contributed by atoms with van der Waals surface area (Å²) >= 11 is 0. The third kappa shape index (κ3) is 4.59. The summed E-state index contributed by atoms with van der Waals surface area (Å²) in [7, 11) is 0. The Morgan fingerprint density at radius 2 is 1.15 bits per heavy atom. The molecule has 0 amide bonds. The molecule has 26 heavy (non-hydrogen) atoms. The summed E-state index contributed by atoms with van der Waals surface area (Å²) in [6.07, 6.45) is 3.61. The van der Waals surface area contributed by atoms with Gasteiger partial charge in [-0.1, -0.05) is 24.3 Å². The quantitative estimate of drug-likeness (QED) is 0.652. The SMILES string of the molecule is OCCOc1cccc(-c2cncc(-c3cccc(OCCO)c3)c2)c1. The second-order valence-corrected chi connectivity index (χ2v) is 5.66. The number of aliphatic hydroxyl groups is 2. The molecule has 0 bridgehead atoms. The molecule has 0 saturated carbocycles. The maximum Gasteiger partial charge on any atom is 0.120 e. The fraction of sp³-hybridized carbons (Fsp3) is 0.190. The lowest BCUT2D eigenvalue weighted by atomic mass is 10.0. The minimum atomic E-state index is -0.0179. The number of hydrogen-bond acceptors (Lipinski definition) is 5. The normalized spacial score (nSPS) is 10.5. The third-order valence-electron chi connectivity index (χ3n) is 3.79. The van der Waals surface area contributed by atoms with Gasteiger partial charge in [0.15, 0.2) is 0 Å². The standard InChI is InChI=1S/C21H21NO4/c23-7-9-25-20-5-1-3-16(12-20)18-11-19(15-22-14-18)17-4-2-6-21(13-17)26-10-8-24/h1-6,11-15,23-24H,7-10H2. The first-order chi connectivity index (χ1) is 12.8. The van der Waals surface area contributed by atoms with Crippen LogP contribution in [0.5, 0.6) is 11.5 Å². The van der Waals surface area contributed by atoms with E-state index in [0.29, 0.717) is 11.5 Å². The summed E-state index contributed by atoms with van der Waals surface area (Å²) in [6.45, 7) is 0.497. The Bertz CT molecular complexity index is 784. The van der Waals surface area contributed by atoms with Crippen LogP contribution in [0.4, 0.5) is 0 Å². The molecular weight excluding hydrogens is 330 g/mol. The molecule has 0 atom stereocenters. The monoisotopic (exact) mass is 351 g/mol. The van der Waals surface area contributed by atoms with Crippen molar-refractivity contribution in [3.8, 4) is 33.8 Å². The van der Waals surface area contributed by atoms with E-state index in [1.165, 1.54) is 0 Å². The predicted molar refractivity (Wildman–Crippen MR) is 100 cm³/mol. The Labute approximate surface area is 152 Å². The first-order valence-electron chi connectivity index (χ1n) is 8.43. The van der Waals surface area contributed by atoms with Crippen molar-refractivity contribution in [3.63, 3.8) is 0 Å². The summed E-state index contributed by atoms with van der Waals surface area (Å²) in [4.78, 5) is 4.36. The van der Waals surface area contributed by atoms with Gasteiger partial charge in [-0.3, -0.25) is 4.98 Å². The maximum atomic E-state index is 8.89. The van der Waals surface area contributed by atoms with Crippen molar-refractivity contribution in [3.05, 3.63) is 67.0 Å². The molecule has 0 fully saturated rings. The van der Waals surface area contributed by atoms with E-state index in [4.69, 9.17) is 19.7 Å². The lowest BCUT2D eigenvalue weighted by molar-refractivity contribution is 0.201. The summed E-state index contributed by atoms with van der Waals surface area (Å²) in [5, 5.41) is 17.8. The van der Waals surface area contributed by atoms with E-state index < -0.39 is 0 Å². The third-order valence-corrected chi connectivity index (χ3v) is 3.79. The molecule has 0 aliphatic heterocycles. The Morgan fingerprint density at radius 1 is 0.654 bits per heavy atom. The molecule has 2 N–H and O–H groups in total. The van der Waals surface area contributed by atoms with Crippen LogP contribution in [0.1, 0.15) is 0 Å². The summed E-state index contributed by atoms with van der Waals surface area (Å²) in [6, 6.07) is 17.4. The molecule has 0 spiro atoms. The average molecular weight is 351 g/mol. The number of hydrogen-bond donors (Lipinski definition) is 2. The van der Waals surface area contributed by atoms with Crippen LogP contribution in [0.3, 0.4) is 0 Å². The molecule has 1 aromatic heterocycles. The summed E-state index contributed by atoms with van der Waals surface area (Å²) < 4.78 is 11.0. The zero-order chi connectivity index (χ0) is 18.2. The van der Waals surface area contributed by atoms with Crippen LogP contribution in [-0.2, 0) is 0 Å². The topological polar surface area (TPSA) is 71.8 Å². The van der Waals surface area contributed by atoms with Gasteiger partial charge in [0.25, 0.3) is 0 Å². The molecule has 5 nitrogen and oxygen atoms in total. The highest BCUT2D eigenvalue weighted by Gasteiger charge is 2.05. The molecule has 0 aliphatic rings. The molecule has 134 valence electrons. The van der Waals surface area contributed by atoms with Crippen molar-refractivity contribution < 1.29 is 19.7 Å². The van der Waals surface area contributed by atoms with Gasteiger partial charge in [0.1, 0.15) is 24.7 Å². The number of benzene rings is 2. The number of aromatic nitrogens is 1. The minimum absolute atomic E-state index is 0.0179. The lowest BCUT2D eigenvalue weighted by Crippen LogP contribution is -2.01. The van der Waals surface area contributed by atoms with E-state index in [0.717, 1.165) is 22.3 Å². The smallest absolute Gasteiger partial charge is 0.120 e. The van der Waals surface area contributed by atoms with Gasteiger partial charge in [0, 0.05) is 23.5 Å². The average Bonchev–Trinajstić information content (AvgIpc) is 2.71. The van der Waals surface area contributed by atoms with Gasteiger partial charge >= 0.3 is 0 Å². The molecule has 3 aromatic rings. The number of rotatable bonds is 8. The van der Waals surface area contributed by atoms with Crippen LogP contribution >= 0.6 is 0 Å². The predicted octanol–water partition coefficient (Wildman–Crippen LogP) is 3.16. The van der Waals surface area contributed by atoms with Gasteiger partial charge in [0.05, 0.1) is 13.2 Å². The molecule has 0 saturated heterocycles. The number of ether oxygens (including phenoxy) is 2. The zero-order valence-electron chi connectivity index (χ0n) is 14.3. The molecule has 0 aliphatic carbocycles. The molecule has 5 heteroatoms. The molecule has 0 unspecified atom stereocenters. The van der Waals surface area contributed by atoms with Crippen molar-refractivity contribution >= 4 is 0 Å². The molecular formula is C21H21NO4. The minimum Gasteiger partial charge on any atom is -0.491 e. The summed E-state index contributed by atoms with van der Waals surface area (Å²) in [5.74, 6) is 1.42. The van der Waals surface area contributed by atoms with E-state index in [1.54, 1.807) is 12.4 Å². The highest BCUT2D eigenvalue weighted by molar-refractivity contribution is 5.73. The van der Waals surface area contributed by atoms with Crippen LogP contribution in [0, 0.1) is 0 Å². The second kappa shape index (κ2) is 8.99. The number of nitrogens with zero attached hydrogens (tertiary/aromatic N) is 1. The van der Waals surface area contributed by atoms with Crippen LogP contribution in [0.25, 0.3) is 22.3 Å². The van der Waals surface area contributed by atoms with E-state index >= 15 is 0 Å². The highest BCUT2D eigenvalue weighted by Crippen LogP contribution is 2.29. The Hall–Kier alpha value is -2.89.